The number of rotatable bonds is 3. The number of hydrogen-bond donors (Lipinski definition) is 2. The smallest absolute Gasteiger partial charge is 0.243 e. The van der Waals surface area contributed by atoms with E-state index in [1.807, 2.05) is 19.1 Å². The minimum absolute atomic E-state index is 0.197. The van der Waals surface area contributed by atoms with E-state index in [0.29, 0.717) is 19.4 Å². The van der Waals surface area contributed by atoms with Gasteiger partial charge in [0.2, 0.25) is 11.8 Å². The molecule has 1 saturated heterocycles. The van der Waals surface area contributed by atoms with Gasteiger partial charge in [-0.25, -0.2) is 0 Å². The summed E-state index contributed by atoms with van der Waals surface area (Å²) in [6.07, 6.45) is 0.935. The predicted molar refractivity (Wildman–Crippen MR) is 56.5 cm³/mol. The number of amides is 2. The Morgan fingerprint density at radius 2 is 2.31 bits per heavy atom. The molecule has 0 aromatic carbocycles. The van der Waals surface area contributed by atoms with Crippen LogP contribution in [-0.2, 0) is 16.1 Å². The molecule has 5 nitrogen and oxygen atoms in total. The molecule has 1 atom stereocenters. The highest BCUT2D eigenvalue weighted by atomic mass is 16.3. The summed E-state index contributed by atoms with van der Waals surface area (Å²) in [5.74, 6) is 1.19. The van der Waals surface area contributed by atoms with E-state index in [0.717, 1.165) is 11.5 Å². The highest BCUT2D eigenvalue weighted by Gasteiger charge is 2.25. The van der Waals surface area contributed by atoms with Gasteiger partial charge in [-0.3, -0.25) is 20.2 Å². The van der Waals surface area contributed by atoms with E-state index >= 15 is 0 Å². The van der Waals surface area contributed by atoms with Crippen LogP contribution in [0.5, 0.6) is 0 Å². The molecule has 2 rings (SSSR count). The van der Waals surface area contributed by atoms with Crippen LogP contribution in [0.3, 0.4) is 0 Å². The van der Waals surface area contributed by atoms with Crippen molar-refractivity contribution in [3.63, 3.8) is 0 Å². The van der Waals surface area contributed by atoms with Crippen molar-refractivity contribution < 1.29 is 14.0 Å². The first-order valence-corrected chi connectivity index (χ1v) is 5.27. The molecule has 1 aromatic heterocycles. The average molecular weight is 222 g/mol. The molecular weight excluding hydrogens is 208 g/mol. The molecule has 86 valence electrons. The van der Waals surface area contributed by atoms with E-state index < -0.39 is 0 Å². The molecule has 2 amide bonds. The number of hydrogen-bond acceptors (Lipinski definition) is 4. The molecule has 0 spiro atoms. The zero-order valence-electron chi connectivity index (χ0n) is 9.08. The van der Waals surface area contributed by atoms with Crippen LogP contribution in [0.1, 0.15) is 24.4 Å². The summed E-state index contributed by atoms with van der Waals surface area (Å²) in [6, 6.07) is 3.44. The molecular formula is C11H14N2O3. The van der Waals surface area contributed by atoms with Crippen LogP contribution in [0.4, 0.5) is 0 Å². The predicted octanol–water partition coefficient (Wildman–Crippen LogP) is 0.483. The summed E-state index contributed by atoms with van der Waals surface area (Å²) >= 11 is 0. The maximum absolute atomic E-state index is 11.4. The molecule has 1 unspecified atom stereocenters. The van der Waals surface area contributed by atoms with Crippen molar-refractivity contribution in [3.05, 3.63) is 23.7 Å². The van der Waals surface area contributed by atoms with Crippen molar-refractivity contribution in [1.82, 2.24) is 10.6 Å². The number of carbonyl (C=O) groups excluding carboxylic acids is 2. The topological polar surface area (TPSA) is 71.3 Å². The van der Waals surface area contributed by atoms with E-state index in [4.69, 9.17) is 4.42 Å². The lowest BCUT2D eigenvalue weighted by Crippen LogP contribution is -2.50. The first-order chi connectivity index (χ1) is 7.65. The molecule has 0 bridgehead atoms. The number of piperidine rings is 1. The molecule has 1 aromatic rings. The molecule has 16 heavy (non-hydrogen) atoms. The van der Waals surface area contributed by atoms with Gasteiger partial charge in [0.05, 0.1) is 12.6 Å². The Morgan fingerprint density at radius 3 is 2.94 bits per heavy atom. The van der Waals surface area contributed by atoms with Gasteiger partial charge in [-0.2, -0.15) is 0 Å². The molecule has 2 heterocycles. The molecule has 1 fully saturated rings. The third kappa shape index (κ3) is 2.49. The number of nitrogens with one attached hydrogen (secondary N) is 2. The molecule has 1 aliphatic rings. The second-order valence-corrected chi connectivity index (χ2v) is 3.90. The van der Waals surface area contributed by atoms with Crippen molar-refractivity contribution in [2.75, 3.05) is 0 Å². The summed E-state index contributed by atoms with van der Waals surface area (Å²) in [5.41, 5.74) is 0. The van der Waals surface area contributed by atoms with Gasteiger partial charge in [0.15, 0.2) is 0 Å². The van der Waals surface area contributed by atoms with Gasteiger partial charge in [0.1, 0.15) is 11.5 Å². The minimum Gasteiger partial charge on any atom is -0.465 e. The zero-order chi connectivity index (χ0) is 11.5. The van der Waals surface area contributed by atoms with Crippen LogP contribution in [0.25, 0.3) is 0 Å². The zero-order valence-corrected chi connectivity index (χ0v) is 9.08. The van der Waals surface area contributed by atoms with Gasteiger partial charge in [0, 0.05) is 6.42 Å². The van der Waals surface area contributed by atoms with Gasteiger partial charge >= 0.3 is 0 Å². The van der Waals surface area contributed by atoms with Gasteiger partial charge in [0.25, 0.3) is 0 Å². The highest BCUT2D eigenvalue weighted by Crippen LogP contribution is 2.08. The first-order valence-electron chi connectivity index (χ1n) is 5.27. The van der Waals surface area contributed by atoms with Gasteiger partial charge in [-0.05, 0) is 25.5 Å². The Labute approximate surface area is 93.2 Å². The van der Waals surface area contributed by atoms with Crippen LogP contribution in [0.2, 0.25) is 0 Å². The normalized spacial score (nSPS) is 20.9. The van der Waals surface area contributed by atoms with Crippen LogP contribution in [-0.4, -0.2) is 17.9 Å². The maximum Gasteiger partial charge on any atom is 0.243 e. The molecule has 2 N–H and O–H groups in total. The fraction of sp³-hybridized carbons (Fsp3) is 0.455. The van der Waals surface area contributed by atoms with E-state index in [-0.39, 0.29) is 17.9 Å². The minimum atomic E-state index is -0.303. The Morgan fingerprint density at radius 1 is 1.50 bits per heavy atom. The van der Waals surface area contributed by atoms with Crippen molar-refractivity contribution in [3.8, 4) is 0 Å². The van der Waals surface area contributed by atoms with Crippen molar-refractivity contribution in [2.45, 2.75) is 32.4 Å². The van der Waals surface area contributed by atoms with Crippen molar-refractivity contribution in [1.29, 1.82) is 0 Å². The summed E-state index contributed by atoms with van der Waals surface area (Å²) in [7, 11) is 0. The monoisotopic (exact) mass is 222 g/mol. The first kappa shape index (κ1) is 10.9. The van der Waals surface area contributed by atoms with Crippen LogP contribution >= 0.6 is 0 Å². The van der Waals surface area contributed by atoms with Crippen LogP contribution in [0.15, 0.2) is 16.5 Å². The Hall–Kier alpha value is -1.62. The average Bonchev–Trinajstić information content (AvgIpc) is 2.63. The Bertz CT molecular complexity index is 411. The summed E-state index contributed by atoms with van der Waals surface area (Å²) in [5, 5.41) is 5.36. The number of imide groups is 1. The van der Waals surface area contributed by atoms with Gasteiger partial charge in [-0.1, -0.05) is 0 Å². The lowest BCUT2D eigenvalue weighted by Gasteiger charge is -2.21. The summed E-state index contributed by atoms with van der Waals surface area (Å²) < 4.78 is 5.37. The second kappa shape index (κ2) is 4.49. The standard InChI is InChI=1S/C11H14N2O3/c1-7-2-3-8(16-7)6-12-9-4-5-10(14)13-11(9)15/h2-3,9,12H,4-6H2,1H3,(H,13,14,15). The number of furan rings is 1. The Kier molecular flexibility index (Phi) is 3.05. The maximum atomic E-state index is 11.4. The quantitative estimate of drug-likeness (QED) is 0.730. The largest absolute Gasteiger partial charge is 0.465 e. The van der Waals surface area contributed by atoms with E-state index in [1.165, 1.54) is 0 Å². The number of aryl methyl sites for hydroxylation is 1. The second-order valence-electron chi connectivity index (χ2n) is 3.90. The van der Waals surface area contributed by atoms with Crippen LogP contribution < -0.4 is 10.6 Å². The summed E-state index contributed by atoms with van der Waals surface area (Å²) in [6.45, 7) is 2.37. The molecule has 0 saturated carbocycles. The molecule has 0 radical (unpaired) electrons. The van der Waals surface area contributed by atoms with E-state index in [9.17, 15) is 9.59 Å². The van der Waals surface area contributed by atoms with Crippen molar-refractivity contribution >= 4 is 11.8 Å². The van der Waals surface area contributed by atoms with Crippen molar-refractivity contribution in [2.24, 2.45) is 0 Å². The van der Waals surface area contributed by atoms with Crippen LogP contribution in [0, 0.1) is 6.92 Å². The molecule has 0 aliphatic carbocycles. The third-order valence-electron chi connectivity index (χ3n) is 2.56. The van der Waals surface area contributed by atoms with Gasteiger partial charge < -0.3 is 4.42 Å². The van der Waals surface area contributed by atoms with E-state index in [1.54, 1.807) is 0 Å². The third-order valence-corrected chi connectivity index (χ3v) is 2.56. The fourth-order valence-corrected chi connectivity index (χ4v) is 1.69. The molecule has 1 aliphatic heterocycles. The molecule has 5 heteroatoms. The highest BCUT2D eigenvalue weighted by molar-refractivity contribution is 6.00. The Balaban J connectivity index is 1.86. The lowest BCUT2D eigenvalue weighted by atomic mass is 10.1. The fourth-order valence-electron chi connectivity index (χ4n) is 1.69. The number of carbonyl (C=O) groups is 2. The SMILES string of the molecule is Cc1ccc(CNC2CCC(=O)NC2=O)o1. The lowest BCUT2D eigenvalue weighted by molar-refractivity contribution is -0.134. The van der Waals surface area contributed by atoms with E-state index in [2.05, 4.69) is 10.6 Å². The van der Waals surface area contributed by atoms with Gasteiger partial charge in [-0.15, -0.1) is 0 Å². The summed E-state index contributed by atoms with van der Waals surface area (Å²) in [4.78, 5) is 22.3.